The predicted molar refractivity (Wildman–Crippen MR) is 64.9 cm³/mol. The average molecular weight is 251 g/mol. The minimum atomic E-state index is -0.585. The van der Waals surface area contributed by atoms with Gasteiger partial charge in [0.15, 0.2) is 0 Å². The quantitative estimate of drug-likeness (QED) is 0.909. The van der Waals surface area contributed by atoms with Crippen molar-refractivity contribution in [3.63, 3.8) is 0 Å². The second-order valence-electron chi connectivity index (χ2n) is 4.42. The van der Waals surface area contributed by atoms with Crippen molar-refractivity contribution in [3.8, 4) is 0 Å². The molecule has 1 aromatic heterocycles. The summed E-state index contributed by atoms with van der Waals surface area (Å²) in [5.74, 6) is -1.17. The molecule has 0 saturated carbocycles. The Balaban J connectivity index is 2.20. The normalized spacial score (nSPS) is 12.7. The fourth-order valence-electron chi connectivity index (χ4n) is 2.06. The van der Waals surface area contributed by atoms with Gasteiger partial charge in [0.25, 0.3) is 0 Å². The Morgan fingerprint density at radius 2 is 1.83 bits per heavy atom. The Bertz CT molecular complexity index is 543. The van der Waals surface area contributed by atoms with Crippen molar-refractivity contribution in [1.82, 2.24) is 9.78 Å². The number of nitrogens with two attached hydrogens (primary N) is 1. The minimum Gasteiger partial charge on any atom is -0.322 e. The molecule has 0 amide bonds. The summed E-state index contributed by atoms with van der Waals surface area (Å²) >= 11 is 0. The van der Waals surface area contributed by atoms with Crippen LogP contribution in [0, 0.1) is 18.6 Å². The summed E-state index contributed by atoms with van der Waals surface area (Å²) in [5, 5.41) is 4.20. The van der Waals surface area contributed by atoms with E-state index < -0.39 is 11.6 Å². The number of hydrogen-bond acceptors (Lipinski definition) is 2. The minimum absolute atomic E-state index is 0.336. The molecule has 5 heteroatoms. The zero-order valence-corrected chi connectivity index (χ0v) is 10.3. The molecule has 0 spiro atoms. The summed E-state index contributed by atoms with van der Waals surface area (Å²) < 4.78 is 27.8. The molecule has 0 bridgehead atoms. The second-order valence-corrected chi connectivity index (χ2v) is 4.42. The topological polar surface area (TPSA) is 43.8 Å². The fraction of sp³-hybridized carbons (Fsp3) is 0.308. The second kappa shape index (κ2) is 4.86. The molecule has 2 N–H and O–H groups in total. The van der Waals surface area contributed by atoms with Gasteiger partial charge in [0.05, 0.1) is 17.4 Å². The number of aryl methyl sites for hydroxylation is 2. The molecule has 1 heterocycles. The van der Waals surface area contributed by atoms with Crippen molar-refractivity contribution >= 4 is 0 Å². The van der Waals surface area contributed by atoms with Gasteiger partial charge >= 0.3 is 0 Å². The standard InChI is InChI=1S/C13H15F2N3/c1-8-3-13(18(2)17-8)12(16)6-9-4-10(14)7-11(15)5-9/h3-5,7,12H,6,16H2,1-2H3. The van der Waals surface area contributed by atoms with Crippen LogP contribution in [0.3, 0.4) is 0 Å². The third kappa shape index (κ3) is 2.73. The van der Waals surface area contributed by atoms with Gasteiger partial charge in [0.1, 0.15) is 11.6 Å². The first-order chi connectivity index (χ1) is 8.45. The summed E-state index contributed by atoms with van der Waals surface area (Å²) in [7, 11) is 1.80. The lowest BCUT2D eigenvalue weighted by Crippen LogP contribution is -2.17. The largest absolute Gasteiger partial charge is 0.322 e. The van der Waals surface area contributed by atoms with Gasteiger partial charge in [-0.1, -0.05) is 0 Å². The maximum Gasteiger partial charge on any atom is 0.126 e. The molecule has 18 heavy (non-hydrogen) atoms. The maximum absolute atomic E-state index is 13.1. The zero-order valence-electron chi connectivity index (χ0n) is 10.3. The van der Waals surface area contributed by atoms with E-state index in [1.807, 2.05) is 13.0 Å². The lowest BCUT2D eigenvalue weighted by Gasteiger charge is -2.12. The van der Waals surface area contributed by atoms with Crippen molar-refractivity contribution in [3.05, 3.63) is 52.9 Å². The monoisotopic (exact) mass is 251 g/mol. The van der Waals surface area contributed by atoms with E-state index in [9.17, 15) is 8.78 Å². The molecule has 2 rings (SSSR count). The average Bonchev–Trinajstić information content (AvgIpc) is 2.56. The molecule has 0 aliphatic heterocycles. The van der Waals surface area contributed by atoms with Gasteiger partial charge in [-0.05, 0) is 37.1 Å². The van der Waals surface area contributed by atoms with E-state index in [1.54, 1.807) is 11.7 Å². The molecule has 0 saturated heterocycles. The van der Waals surface area contributed by atoms with Gasteiger partial charge in [-0.15, -0.1) is 0 Å². The molecule has 1 atom stereocenters. The van der Waals surface area contributed by atoms with E-state index in [2.05, 4.69) is 5.10 Å². The molecule has 0 fully saturated rings. The van der Waals surface area contributed by atoms with Gasteiger partial charge in [0, 0.05) is 13.1 Å². The Morgan fingerprint density at radius 3 is 2.33 bits per heavy atom. The Morgan fingerprint density at radius 1 is 1.22 bits per heavy atom. The van der Waals surface area contributed by atoms with Gasteiger partial charge in [-0.3, -0.25) is 4.68 Å². The van der Waals surface area contributed by atoms with Crippen molar-refractivity contribution in [2.75, 3.05) is 0 Å². The number of benzene rings is 1. The van der Waals surface area contributed by atoms with E-state index in [4.69, 9.17) is 5.73 Å². The van der Waals surface area contributed by atoms with Crippen LogP contribution in [-0.2, 0) is 13.5 Å². The van der Waals surface area contributed by atoms with Crippen LogP contribution in [0.2, 0.25) is 0 Å². The molecule has 0 aliphatic rings. The zero-order chi connectivity index (χ0) is 13.3. The molecular formula is C13H15F2N3. The van der Waals surface area contributed by atoms with E-state index in [0.29, 0.717) is 12.0 Å². The highest BCUT2D eigenvalue weighted by atomic mass is 19.1. The lowest BCUT2D eigenvalue weighted by atomic mass is 10.0. The number of hydrogen-bond donors (Lipinski definition) is 1. The van der Waals surface area contributed by atoms with E-state index >= 15 is 0 Å². The van der Waals surface area contributed by atoms with E-state index in [1.165, 1.54) is 12.1 Å². The van der Waals surface area contributed by atoms with Gasteiger partial charge in [-0.2, -0.15) is 5.10 Å². The third-order valence-electron chi connectivity index (χ3n) is 2.80. The summed E-state index contributed by atoms with van der Waals surface area (Å²) in [4.78, 5) is 0. The number of rotatable bonds is 3. The summed E-state index contributed by atoms with van der Waals surface area (Å²) in [6.45, 7) is 1.87. The highest BCUT2D eigenvalue weighted by molar-refractivity contribution is 5.22. The number of aromatic nitrogens is 2. The molecule has 0 aliphatic carbocycles. The smallest absolute Gasteiger partial charge is 0.126 e. The van der Waals surface area contributed by atoms with E-state index in [0.717, 1.165) is 17.5 Å². The molecule has 0 radical (unpaired) electrons. The SMILES string of the molecule is Cc1cc(C(N)Cc2cc(F)cc(F)c2)n(C)n1. The summed E-state index contributed by atoms with van der Waals surface area (Å²) in [5.41, 5.74) is 8.29. The Kier molecular flexibility index (Phi) is 3.43. The Labute approximate surface area is 104 Å². The first-order valence-corrected chi connectivity index (χ1v) is 5.67. The van der Waals surface area contributed by atoms with Crippen LogP contribution in [0.25, 0.3) is 0 Å². The number of nitrogens with zero attached hydrogens (tertiary/aromatic N) is 2. The first kappa shape index (κ1) is 12.7. The van der Waals surface area contributed by atoms with Crippen molar-refractivity contribution in [2.45, 2.75) is 19.4 Å². The third-order valence-corrected chi connectivity index (χ3v) is 2.80. The molecule has 2 aromatic rings. The maximum atomic E-state index is 13.1. The predicted octanol–water partition coefficient (Wildman–Crippen LogP) is 2.25. The van der Waals surface area contributed by atoms with Crippen LogP contribution >= 0.6 is 0 Å². The fourth-order valence-corrected chi connectivity index (χ4v) is 2.06. The van der Waals surface area contributed by atoms with Crippen LogP contribution in [0.5, 0.6) is 0 Å². The van der Waals surface area contributed by atoms with Crippen molar-refractivity contribution in [2.24, 2.45) is 12.8 Å². The van der Waals surface area contributed by atoms with Crippen LogP contribution in [0.15, 0.2) is 24.3 Å². The van der Waals surface area contributed by atoms with Crippen LogP contribution < -0.4 is 5.73 Å². The van der Waals surface area contributed by atoms with Crippen LogP contribution in [0.1, 0.15) is 23.0 Å². The van der Waals surface area contributed by atoms with E-state index in [-0.39, 0.29) is 6.04 Å². The van der Waals surface area contributed by atoms with Crippen LogP contribution in [-0.4, -0.2) is 9.78 Å². The van der Waals surface area contributed by atoms with Crippen LogP contribution in [0.4, 0.5) is 8.78 Å². The first-order valence-electron chi connectivity index (χ1n) is 5.67. The highest BCUT2D eigenvalue weighted by Crippen LogP contribution is 2.18. The van der Waals surface area contributed by atoms with Gasteiger partial charge < -0.3 is 5.73 Å². The molecule has 96 valence electrons. The lowest BCUT2D eigenvalue weighted by molar-refractivity contribution is 0.571. The number of halogens is 2. The summed E-state index contributed by atoms with van der Waals surface area (Å²) in [6, 6.07) is 4.99. The van der Waals surface area contributed by atoms with Crippen molar-refractivity contribution in [1.29, 1.82) is 0 Å². The van der Waals surface area contributed by atoms with Gasteiger partial charge in [-0.25, -0.2) is 8.78 Å². The molecular weight excluding hydrogens is 236 g/mol. The van der Waals surface area contributed by atoms with Gasteiger partial charge in [0.2, 0.25) is 0 Å². The molecule has 1 aromatic carbocycles. The highest BCUT2D eigenvalue weighted by Gasteiger charge is 2.13. The molecule has 1 unspecified atom stereocenters. The van der Waals surface area contributed by atoms with Crippen molar-refractivity contribution < 1.29 is 8.78 Å². The Hall–Kier alpha value is -1.75. The molecule has 3 nitrogen and oxygen atoms in total. The summed E-state index contributed by atoms with van der Waals surface area (Å²) in [6.07, 6.45) is 0.369.